The number of nitrogens with zero attached hydrogens (tertiary/aromatic N) is 1. The maximum atomic E-state index is 12.3. The van der Waals surface area contributed by atoms with Gasteiger partial charge in [0.25, 0.3) is 0 Å². The van der Waals surface area contributed by atoms with Gasteiger partial charge in [0.2, 0.25) is 5.91 Å². The highest BCUT2D eigenvalue weighted by Gasteiger charge is 2.27. The van der Waals surface area contributed by atoms with Crippen LogP contribution in [0.25, 0.3) is 0 Å². The monoisotopic (exact) mass is 284 g/mol. The van der Waals surface area contributed by atoms with Crippen molar-refractivity contribution in [1.29, 1.82) is 0 Å². The summed E-state index contributed by atoms with van der Waals surface area (Å²) in [6.45, 7) is 8.96. The van der Waals surface area contributed by atoms with Crippen LogP contribution in [0.2, 0.25) is 0 Å². The number of nitrogens with two attached hydrogens (primary N) is 1. The van der Waals surface area contributed by atoms with E-state index >= 15 is 0 Å². The van der Waals surface area contributed by atoms with Crippen LogP contribution >= 0.6 is 0 Å². The Morgan fingerprint density at radius 3 is 2.40 bits per heavy atom. The molecule has 0 spiro atoms. The van der Waals surface area contributed by atoms with Gasteiger partial charge in [0, 0.05) is 32.7 Å². The molecule has 4 heteroatoms. The van der Waals surface area contributed by atoms with Crippen LogP contribution in [-0.4, -0.2) is 43.7 Å². The Labute approximate surface area is 124 Å². The van der Waals surface area contributed by atoms with Gasteiger partial charge in [-0.05, 0) is 43.6 Å². The van der Waals surface area contributed by atoms with Crippen molar-refractivity contribution < 1.29 is 9.53 Å². The summed E-state index contributed by atoms with van der Waals surface area (Å²) in [5.74, 6) is 0.780. The molecule has 4 nitrogen and oxygen atoms in total. The summed E-state index contributed by atoms with van der Waals surface area (Å²) in [7, 11) is 1.94. The van der Waals surface area contributed by atoms with Gasteiger partial charge in [0.15, 0.2) is 0 Å². The fourth-order valence-electron chi connectivity index (χ4n) is 2.96. The van der Waals surface area contributed by atoms with E-state index in [1.807, 2.05) is 11.9 Å². The first-order valence-electron chi connectivity index (χ1n) is 7.89. The van der Waals surface area contributed by atoms with E-state index in [1.165, 1.54) is 0 Å². The van der Waals surface area contributed by atoms with Gasteiger partial charge in [0.1, 0.15) is 0 Å². The largest absolute Gasteiger partial charge is 0.381 e. The summed E-state index contributed by atoms with van der Waals surface area (Å²) in [6.07, 6.45) is 4.50. The molecule has 1 atom stereocenters. The van der Waals surface area contributed by atoms with Crippen molar-refractivity contribution in [2.24, 2.45) is 17.1 Å². The molecular formula is C16H32N2O2. The van der Waals surface area contributed by atoms with E-state index in [0.717, 1.165) is 38.9 Å². The third-order valence-electron chi connectivity index (χ3n) is 4.58. The zero-order chi connectivity index (χ0) is 15.2. The molecular weight excluding hydrogens is 252 g/mol. The lowest BCUT2D eigenvalue weighted by Crippen LogP contribution is -2.41. The molecule has 0 bridgehead atoms. The fourth-order valence-corrected chi connectivity index (χ4v) is 2.96. The van der Waals surface area contributed by atoms with E-state index in [9.17, 15) is 4.79 Å². The van der Waals surface area contributed by atoms with Crippen molar-refractivity contribution >= 4 is 5.91 Å². The number of amides is 1. The molecule has 1 saturated heterocycles. The average Bonchev–Trinajstić information content (AvgIpc) is 2.42. The summed E-state index contributed by atoms with van der Waals surface area (Å²) >= 11 is 0. The first kappa shape index (κ1) is 17.4. The Bertz CT molecular complexity index is 293. The second kappa shape index (κ2) is 7.99. The molecule has 0 aromatic carbocycles. The number of hydrogen-bond acceptors (Lipinski definition) is 3. The van der Waals surface area contributed by atoms with Crippen LogP contribution in [0.1, 0.15) is 52.9 Å². The third kappa shape index (κ3) is 5.41. The molecule has 1 aliphatic rings. The van der Waals surface area contributed by atoms with Gasteiger partial charge in [-0.15, -0.1) is 0 Å². The molecule has 1 aliphatic heterocycles. The lowest BCUT2D eigenvalue weighted by atomic mass is 9.76. The lowest BCUT2D eigenvalue weighted by Gasteiger charge is -2.33. The Morgan fingerprint density at radius 2 is 1.90 bits per heavy atom. The standard InChI is InChI=1S/C16H32N2O2/c1-16(2,3)13(7-10-17)5-6-15(19)18(4)14-8-11-20-12-9-14/h13-14H,5-12,17H2,1-4H3. The maximum absolute atomic E-state index is 12.3. The van der Waals surface area contributed by atoms with E-state index in [-0.39, 0.29) is 11.3 Å². The van der Waals surface area contributed by atoms with E-state index in [2.05, 4.69) is 20.8 Å². The van der Waals surface area contributed by atoms with Gasteiger partial charge >= 0.3 is 0 Å². The molecule has 0 aromatic rings. The Hall–Kier alpha value is -0.610. The number of hydrogen-bond donors (Lipinski definition) is 1. The van der Waals surface area contributed by atoms with Gasteiger partial charge in [-0.2, -0.15) is 0 Å². The van der Waals surface area contributed by atoms with Gasteiger partial charge in [-0.1, -0.05) is 20.8 Å². The zero-order valence-electron chi connectivity index (χ0n) is 13.7. The summed E-state index contributed by atoms with van der Waals surface area (Å²) < 4.78 is 5.35. The molecule has 1 unspecified atom stereocenters. The van der Waals surface area contributed by atoms with Gasteiger partial charge < -0.3 is 15.4 Å². The second-order valence-corrected chi connectivity index (χ2v) is 7.03. The Morgan fingerprint density at radius 1 is 1.30 bits per heavy atom. The van der Waals surface area contributed by atoms with Crippen LogP contribution in [0.15, 0.2) is 0 Å². The number of rotatable bonds is 6. The minimum Gasteiger partial charge on any atom is -0.381 e. The highest BCUT2D eigenvalue weighted by Crippen LogP contribution is 2.32. The summed E-state index contributed by atoms with van der Waals surface area (Å²) in [5, 5.41) is 0. The molecule has 0 aromatic heterocycles. The molecule has 0 saturated carbocycles. The molecule has 118 valence electrons. The van der Waals surface area contributed by atoms with Crippen LogP contribution in [0.5, 0.6) is 0 Å². The van der Waals surface area contributed by atoms with Crippen molar-refractivity contribution in [3.63, 3.8) is 0 Å². The molecule has 2 N–H and O–H groups in total. The molecule has 1 amide bonds. The van der Waals surface area contributed by atoms with Gasteiger partial charge in [0.05, 0.1) is 0 Å². The Balaban J connectivity index is 2.43. The molecule has 1 rings (SSSR count). The summed E-state index contributed by atoms with van der Waals surface area (Å²) in [5.41, 5.74) is 5.92. The zero-order valence-corrected chi connectivity index (χ0v) is 13.7. The van der Waals surface area contributed by atoms with Gasteiger partial charge in [-0.25, -0.2) is 0 Å². The third-order valence-corrected chi connectivity index (χ3v) is 4.58. The van der Waals surface area contributed by atoms with Crippen molar-refractivity contribution in [3.05, 3.63) is 0 Å². The van der Waals surface area contributed by atoms with Crippen LogP contribution in [0, 0.1) is 11.3 Å². The van der Waals surface area contributed by atoms with Crippen LogP contribution in [0.4, 0.5) is 0 Å². The first-order chi connectivity index (χ1) is 9.36. The minimum atomic E-state index is 0.219. The van der Waals surface area contributed by atoms with E-state index < -0.39 is 0 Å². The van der Waals surface area contributed by atoms with Gasteiger partial charge in [-0.3, -0.25) is 4.79 Å². The van der Waals surface area contributed by atoms with Crippen molar-refractivity contribution in [2.75, 3.05) is 26.8 Å². The van der Waals surface area contributed by atoms with E-state index in [4.69, 9.17) is 10.5 Å². The summed E-state index contributed by atoms with van der Waals surface area (Å²) in [6, 6.07) is 0.360. The number of ether oxygens (including phenoxy) is 1. The number of carbonyl (C=O) groups excluding carboxylic acids is 1. The summed E-state index contributed by atoms with van der Waals surface area (Å²) in [4.78, 5) is 14.3. The van der Waals surface area contributed by atoms with Crippen LogP contribution in [-0.2, 0) is 9.53 Å². The quantitative estimate of drug-likeness (QED) is 0.815. The first-order valence-corrected chi connectivity index (χ1v) is 7.89. The minimum absolute atomic E-state index is 0.219. The van der Waals surface area contributed by atoms with Crippen LogP contribution in [0.3, 0.4) is 0 Å². The topological polar surface area (TPSA) is 55.6 Å². The molecule has 1 fully saturated rings. The molecule has 0 aliphatic carbocycles. The smallest absolute Gasteiger partial charge is 0.222 e. The average molecular weight is 284 g/mol. The molecule has 1 heterocycles. The maximum Gasteiger partial charge on any atom is 0.222 e. The normalized spacial score (nSPS) is 18.9. The van der Waals surface area contributed by atoms with Crippen LogP contribution < -0.4 is 5.73 Å². The predicted molar refractivity (Wildman–Crippen MR) is 82.5 cm³/mol. The predicted octanol–water partition coefficient (Wildman–Crippen LogP) is 2.42. The van der Waals surface area contributed by atoms with E-state index in [0.29, 0.717) is 24.9 Å². The fraction of sp³-hybridized carbons (Fsp3) is 0.938. The SMILES string of the molecule is CN(C(=O)CCC(CCN)C(C)(C)C)C1CCOCC1. The molecule has 20 heavy (non-hydrogen) atoms. The Kier molecular flexibility index (Phi) is 6.96. The van der Waals surface area contributed by atoms with Crippen molar-refractivity contribution in [2.45, 2.75) is 58.9 Å². The lowest BCUT2D eigenvalue weighted by molar-refractivity contribution is -0.134. The van der Waals surface area contributed by atoms with Crippen molar-refractivity contribution in [1.82, 2.24) is 4.90 Å². The molecule has 0 radical (unpaired) electrons. The second-order valence-electron chi connectivity index (χ2n) is 7.03. The number of carbonyl (C=O) groups is 1. The van der Waals surface area contributed by atoms with E-state index in [1.54, 1.807) is 0 Å². The highest BCUT2D eigenvalue weighted by atomic mass is 16.5. The highest BCUT2D eigenvalue weighted by molar-refractivity contribution is 5.76. The van der Waals surface area contributed by atoms with Crippen molar-refractivity contribution in [3.8, 4) is 0 Å².